The topological polar surface area (TPSA) is 69.9 Å². The van der Waals surface area contributed by atoms with E-state index in [1.807, 2.05) is 48.3 Å². The number of furan rings is 1. The van der Waals surface area contributed by atoms with Gasteiger partial charge in [0.2, 0.25) is 5.91 Å². The van der Waals surface area contributed by atoms with E-state index in [4.69, 9.17) is 28.2 Å². The highest BCUT2D eigenvalue weighted by atomic mass is 35.5. The standard InChI is InChI=1S/C25H21ClN4O3S2/c1-28-14-18(19-7-3-4-10-27-19)25(22(32)30(23(34)35-25)13-16-6-5-11-33-16)24(28)17-12-15(26)8-9-20(17)29(2)21(24)31/h3-12,18H,13-14H2,1-2H3/t18?,24-,25+/m1/s1. The molecule has 7 nitrogen and oxygen atoms in total. The Labute approximate surface area is 217 Å². The van der Waals surface area contributed by atoms with E-state index in [1.54, 1.807) is 41.4 Å². The number of likely N-dealkylation sites (tertiary alicyclic amines) is 1. The fourth-order valence-electron chi connectivity index (χ4n) is 5.91. The lowest BCUT2D eigenvalue weighted by Gasteiger charge is -2.42. The van der Waals surface area contributed by atoms with Crippen molar-refractivity contribution in [3.63, 3.8) is 0 Å². The van der Waals surface area contributed by atoms with Crippen LogP contribution in [0.5, 0.6) is 0 Å². The summed E-state index contributed by atoms with van der Waals surface area (Å²) in [6.07, 6.45) is 3.28. The van der Waals surface area contributed by atoms with Crippen molar-refractivity contribution in [3.8, 4) is 0 Å². The van der Waals surface area contributed by atoms with Gasteiger partial charge in [0.1, 0.15) is 14.8 Å². The average Bonchev–Trinajstić information content (AvgIpc) is 3.57. The van der Waals surface area contributed by atoms with Crippen molar-refractivity contribution in [2.24, 2.45) is 0 Å². The summed E-state index contributed by atoms with van der Waals surface area (Å²) in [7, 11) is 3.63. The van der Waals surface area contributed by atoms with Gasteiger partial charge >= 0.3 is 0 Å². The molecule has 3 aromatic rings. The first-order valence-corrected chi connectivity index (χ1v) is 12.7. The molecule has 0 saturated carbocycles. The lowest BCUT2D eigenvalue weighted by Crippen LogP contribution is -2.62. The second kappa shape index (κ2) is 7.89. The molecule has 178 valence electrons. The van der Waals surface area contributed by atoms with E-state index >= 15 is 0 Å². The van der Waals surface area contributed by atoms with Crippen LogP contribution >= 0.6 is 35.6 Å². The minimum absolute atomic E-state index is 0.181. The van der Waals surface area contributed by atoms with Gasteiger partial charge in [0, 0.05) is 47.7 Å². The molecule has 1 aromatic carbocycles. The number of nitrogens with zero attached hydrogens (tertiary/aromatic N) is 4. The summed E-state index contributed by atoms with van der Waals surface area (Å²) in [6.45, 7) is 0.638. The Balaban J connectivity index is 1.62. The number of thiocarbonyl (C=S) groups is 1. The Bertz CT molecular complexity index is 1370. The maximum Gasteiger partial charge on any atom is 0.254 e. The molecule has 3 aliphatic heterocycles. The minimum atomic E-state index is -1.31. The summed E-state index contributed by atoms with van der Waals surface area (Å²) in [5.41, 5.74) is 0.872. The van der Waals surface area contributed by atoms with Gasteiger partial charge in [-0.05, 0) is 49.5 Å². The zero-order chi connectivity index (χ0) is 24.5. The van der Waals surface area contributed by atoms with Gasteiger partial charge in [0.15, 0.2) is 5.54 Å². The number of rotatable bonds is 3. The van der Waals surface area contributed by atoms with Crippen LogP contribution in [0.2, 0.25) is 5.02 Å². The van der Waals surface area contributed by atoms with Crippen molar-refractivity contribution in [2.75, 3.05) is 25.5 Å². The van der Waals surface area contributed by atoms with E-state index in [-0.39, 0.29) is 18.4 Å². The Morgan fingerprint density at radius 1 is 1.17 bits per heavy atom. The van der Waals surface area contributed by atoms with E-state index in [9.17, 15) is 9.59 Å². The third-order valence-electron chi connectivity index (χ3n) is 7.35. The van der Waals surface area contributed by atoms with Crippen LogP contribution in [-0.2, 0) is 21.7 Å². The smallest absolute Gasteiger partial charge is 0.254 e. The van der Waals surface area contributed by atoms with Gasteiger partial charge in [-0.25, -0.2) is 0 Å². The molecular weight excluding hydrogens is 504 g/mol. The summed E-state index contributed by atoms with van der Waals surface area (Å²) in [4.78, 5) is 38.7. The summed E-state index contributed by atoms with van der Waals surface area (Å²) >= 11 is 13.5. The predicted molar refractivity (Wildman–Crippen MR) is 138 cm³/mol. The molecule has 0 aliphatic carbocycles. The Hall–Kier alpha value is -2.72. The van der Waals surface area contributed by atoms with Crippen LogP contribution in [0.4, 0.5) is 5.69 Å². The predicted octanol–water partition coefficient (Wildman–Crippen LogP) is 4.03. The van der Waals surface area contributed by atoms with Crippen molar-refractivity contribution in [1.29, 1.82) is 0 Å². The summed E-state index contributed by atoms with van der Waals surface area (Å²) in [5.74, 6) is -0.183. The van der Waals surface area contributed by atoms with E-state index < -0.39 is 16.2 Å². The first-order chi connectivity index (χ1) is 16.8. The fourth-order valence-corrected chi connectivity index (χ4v) is 8.19. The number of carbonyl (C=O) groups excluding carboxylic acids is 2. The number of thioether (sulfide) groups is 1. The molecule has 2 amide bonds. The van der Waals surface area contributed by atoms with Crippen LogP contribution in [-0.4, -0.2) is 56.3 Å². The SMILES string of the molecule is CN1C(=O)[C@@]2(c3cc(Cl)ccc31)N(C)CC(c1ccccn1)[C@@]21SC(=S)N(Cc2ccco2)C1=O. The molecular formula is C25H21ClN4O3S2. The van der Waals surface area contributed by atoms with Crippen LogP contribution in [0.15, 0.2) is 65.4 Å². The van der Waals surface area contributed by atoms with Gasteiger partial charge in [-0.2, -0.15) is 0 Å². The number of halogens is 1. The molecule has 2 aromatic heterocycles. The molecule has 6 rings (SSSR count). The normalized spacial score (nSPS) is 28.2. The largest absolute Gasteiger partial charge is 0.467 e. The number of amides is 2. The number of aromatic nitrogens is 1. The highest BCUT2D eigenvalue weighted by molar-refractivity contribution is 8.25. The van der Waals surface area contributed by atoms with Gasteiger partial charge in [-0.1, -0.05) is 41.6 Å². The quantitative estimate of drug-likeness (QED) is 0.479. The van der Waals surface area contributed by atoms with Gasteiger partial charge in [-0.15, -0.1) is 0 Å². The van der Waals surface area contributed by atoms with Crippen LogP contribution in [0, 0.1) is 0 Å². The van der Waals surface area contributed by atoms with E-state index in [1.165, 1.54) is 11.8 Å². The van der Waals surface area contributed by atoms with Gasteiger partial charge < -0.3 is 9.32 Å². The maximum atomic E-state index is 14.6. The molecule has 2 saturated heterocycles. The van der Waals surface area contributed by atoms with Crippen molar-refractivity contribution < 1.29 is 14.0 Å². The Kier molecular flexibility index (Phi) is 5.12. The van der Waals surface area contributed by atoms with Crippen LogP contribution in [0.25, 0.3) is 0 Å². The Morgan fingerprint density at radius 3 is 2.71 bits per heavy atom. The maximum absolute atomic E-state index is 14.6. The second-order valence-electron chi connectivity index (χ2n) is 9.00. The third-order valence-corrected chi connectivity index (χ3v) is 9.53. The van der Waals surface area contributed by atoms with Crippen molar-refractivity contribution >= 4 is 57.4 Å². The molecule has 0 bridgehead atoms. The second-order valence-corrected chi connectivity index (χ2v) is 11.3. The van der Waals surface area contributed by atoms with E-state index in [2.05, 4.69) is 4.98 Å². The first-order valence-electron chi connectivity index (χ1n) is 11.1. The van der Waals surface area contributed by atoms with Gasteiger partial charge in [0.05, 0.1) is 12.8 Å². The van der Waals surface area contributed by atoms with Crippen LogP contribution in [0.1, 0.15) is 22.9 Å². The van der Waals surface area contributed by atoms with E-state index in [0.29, 0.717) is 27.2 Å². The number of likely N-dealkylation sites (N-methyl/N-ethyl adjacent to an activating group) is 2. The number of hydrogen-bond donors (Lipinski definition) is 0. The number of benzene rings is 1. The minimum Gasteiger partial charge on any atom is -0.467 e. The Morgan fingerprint density at radius 2 is 2.00 bits per heavy atom. The molecule has 35 heavy (non-hydrogen) atoms. The molecule has 0 radical (unpaired) electrons. The number of fused-ring (bicyclic) bond motifs is 3. The average molecular weight is 525 g/mol. The van der Waals surface area contributed by atoms with Crippen molar-refractivity contribution in [3.05, 3.63) is 83.0 Å². The molecule has 1 unspecified atom stereocenters. The first kappa shape index (κ1) is 22.7. The molecule has 3 aliphatic rings. The monoisotopic (exact) mass is 524 g/mol. The van der Waals surface area contributed by atoms with Crippen LogP contribution in [0.3, 0.4) is 0 Å². The zero-order valence-corrected chi connectivity index (χ0v) is 21.4. The van der Waals surface area contributed by atoms with Gasteiger partial charge in [0.25, 0.3) is 5.91 Å². The number of anilines is 1. The van der Waals surface area contributed by atoms with Gasteiger partial charge in [-0.3, -0.25) is 24.4 Å². The van der Waals surface area contributed by atoms with E-state index in [0.717, 1.165) is 11.4 Å². The van der Waals surface area contributed by atoms with Crippen molar-refractivity contribution in [1.82, 2.24) is 14.8 Å². The summed E-state index contributed by atoms with van der Waals surface area (Å²) in [6, 6.07) is 14.6. The molecule has 2 fully saturated rings. The van der Waals surface area contributed by atoms with Crippen LogP contribution < -0.4 is 4.90 Å². The lowest BCUT2D eigenvalue weighted by atomic mass is 9.73. The molecule has 3 atom stereocenters. The summed E-state index contributed by atoms with van der Waals surface area (Å²) < 4.78 is 4.66. The lowest BCUT2D eigenvalue weighted by molar-refractivity contribution is -0.139. The zero-order valence-electron chi connectivity index (χ0n) is 19.0. The molecule has 0 N–H and O–H groups in total. The summed E-state index contributed by atoms with van der Waals surface area (Å²) in [5, 5.41) is 0.501. The fraction of sp³-hybridized carbons (Fsp3) is 0.280. The number of pyridine rings is 1. The number of carbonyl (C=O) groups is 2. The molecule has 2 spiro atoms. The highest BCUT2D eigenvalue weighted by Gasteiger charge is 2.78. The van der Waals surface area contributed by atoms with Crippen molar-refractivity contribution in [2.45, 2.75) is 22.7 Å². The number of hydrogen-bond acceptors (Lipinski definition) is 7. The highest BCUT2D eigenvalue weighted by Crippen LogP contribution is 2.66. The molecule has 5 heterocycles. The molecule has 10 heteroatoms. The third kappa shape index (κ3) is 2.83.